The SMILES string of the molecule is CCCc1ccc(NC(=O)NC2CCN(C(=O)c3ccc(OCC)cc3)CC2)cc1. The van der Waals surface area contributed by atoms with Crippen LogP contribution in [0.25, 0.3) is 0 Å². The molecule has 0 unspecified atom stereocenters. The standard InChI is InChI=1S/C24H31N3O3/c1-3-5-18-6-10-20(11-7-18)25-24(29)26-21-14-16-27(17-15-21)23(28)19-8-12-22(13-9-19)30-4-2/h6-13,21H,3-5,14-17H2,1-2H3,(H2,25,26,29). The Morgan fingerprint density at radius 2 is 1.67 bits per heavy atom. The second-order valence-corrected chi connectivity index (χ2v) is 7.57. The van der Waals surface area contributed by atoms with Crippen molar-refractivity contribution < 1.29 is 14.3 Å². The molecule has 1 aliphatic rings. The van der Waals surface area contributed by atoms with Crippen molar-refractivity contribution in [1.29, 1.82) is 0 Å². The van der Waals surface area contributed by atoms with Crippen LogP contribution in [0, 0.1) is 0 Å². The third kappa shape index (κ3) is 5.99. The summed E-state index contributed by atoms with van der Waals surface area (Å²) in [5.41, 5.74) is 2.72. The first-order chi connectivity index (χ1) is 14.6. The minimum atomic E-state index is -0.200. The molecule has 0 radical (unpaired) electrons. The highest BCUT2D eigenvalue weighted by Crippen LogP contribution is 2.17. The molecule has 3 amide bonds. The van der Waals surface area contributed by atoms with Crippen molar-refractivity contribution in [3.8, 4) is 5.75 Å². The molecule has 2 aromatic carbocycles. The molecule has 0 aromatic heterocycles. The minimum absolute atomic E-state index is 0.0214. The molecule has 1 fully saturated rings. The van der Waals surface area contributed by atoms with Crippen molar-refractivity contribution in [1.82, 2.24) is 10.2 Å². The number of piperidine rings is 1. The number of carbonyl (C=O) groups excluding carboxylic acids is 2. The maximum atomic E-state index is 12.7. The van der Waals surface area contributed by atoms with Crippen LogP contribution in [0.5, 0.6) is 5.75 Å². The van der Waals surface area contributed by atoms with Crippen molar-refractivity contribution in [2.24, 2.45) is 0 Å². The highest BCUT2D eigenvalue weighted by molar-refractivity contribution is 5.94. The normalized spacial score (nSPS) is 14.3. The summed E-state index contributed by atoms with van der Waals surface area (Å²) in [7, 11) is 0. The van der Waals surface area contributed by atoms with Gasteiger partial charge in [-0.3, -0.25) is 4.79 Å². The van der Waals surface area contributed by atoms with E-state index in [4.69, 9.17) is 4.74 Å². The first kappa shape index (κ1) is 21.7. The van der Waals surface area contributed by atoms with Crippen LogP contribution in [0.1, 0.15) is 49.0 Å². The van der Waals surface area contributed by atoms with Gasteiger partial charge in [0.05, 0.1) is 6.61 Å². The lowest BCUT2D eigenvalue weighted by Crippen LogP contribution is -2.47. The van der Waals surface area contributed by atoms with Gasteiger partial charge in [-0.25, -0.2) is 4.79 Å². The number of hydrogen-bond donors (Lipinski definition) is 2. The van der Waals surface area contributed by atoms with Crippen molar-refractivity contribution in [2.45, 2.75) is 45.6 Å². The molecule has 6 nitrogen and oxygen atoms in total. The van der Waals surface area contributed by atoms with Crippen LogP contribution in [0.4, 0.5) is 10.5 Å². The highest BCUT2D eigenvalue weighted by atomic mass is 16.5. The zero-order chi connectivity index (χ0) is 21.3. The Morgan fingerprint density at radius 3 is 2.27 bits per heavy atom. The summed E-state index contributed by atoms with van der Waals surface area (Å²) in [6, 6.07) is 15.1. The average molecular weight is 410 g/mol. The van der Waals surface area contributed by atoms with E-state index in [9.17, 15) is 9.59 Å². The number of urea groups is 1. The molecule has 0 aliphatic carbocycles. The summed E-state index contributed by atoms with van der Waals surface area (Å²) < 4.78 is 5.43. The van der Waals surface area contributed by atoms with Gasteiger partial charge in [0.2, 0.25) is 0 Å². The number of amides is 3. The van der Waals surface area contributed by atoms with Gasteiger partial charge in [-0.2, -0.15) is 0 Å². The molecule has 0 atom stereocenters. The van der Waals surface area contributed by atoms with Crippen LogP contribution in [-0.2, 0) is 6.42 Å². The Balaban J connectivity index is 1.44. The largest absolute Gasteiger partial charge is 0.494 e. The summed E-state index contributed by atoms with van der Waals surface area (Å²) in [6.45, 7) is 5.94. The number of anilines is 1. The maximum Gasteiger partial charge on any atom is 0.319 e. The van der Waals surface area contributed by atoms with Gasteiger partial charge in [0.1, 0.15) is 5.75 Å². The fourth-order valence-corrected chi connectivity index (χ4v) is 3.67. The smallest absolute Gasteiger partial charge is 0.319 e. The Morgan fingerprint density at radius 1 is 1.00 bits per heavy atom. The van der Waals surface area contributed by atoms with Crippen LogP contribution in [0.3, 0.4) is 0 Å². The Kier molecular flexibility index (Phi) is 7.71. The molecule has 2 aromatic rings. The van der Waals surface area contributed by atoms with Crippen LogP contribution in [0.15, 0.2) is 48.5 Å². The first-order valence-electron chi connectivity index (χ1n) is 10.8. The Hall–Kier alpha value is -3.02. The quantitative estimate of drug-likeness (QED) is 0.709. The molecular weight excluding hydrogens is 378 g/mol. The molecule has 0 saturated carbocycles. The fourth-order valence-electron chi connectivity index (χ4n) is 3.67. The molecule has 1 saturated heterocycles. The third-order valence-corrected chi connectivity index (χ3v) is 5.28. The van der Waals surface area contributed by atoms with Gasteiger partial charge in [0, 0.05) is 30.4 Å². The highest BCUT2D eigenvalue weighted by Gasteiger charge is 2.24. The van der Waals surface area contributed by atoms with Crippen LogP contribution in [0.2, 0.25) is 0 Å². The van der Waals surface area contributed by atoms with Gasteiger partial charge < -0.3 is 20.3 Å². The van der Waals surface area contributed by atoms with Gasteiger partial charge in [-0.1, -0.05) is 25.5 Å². The zero-order valence-corrected chi connectivity index (χ0v) is 17.8. The monoisotopic (exact) mass is 409 g/mol. The number of carbonyl (C=O) groups is 2. The molecular formula is C24H31N3O3. The van der Waals surface area contributed by atoms with Gasteiger partial charge >= 0.3 is 6.03 Å². The number of rotatable bonds is 7. The van der Waals surface area contributed by atoms with E-state index in [1.807, 2.05) is 48.2 Å². The van der Waals surface area contributed by atoms with Gasteiger partial charge in [-0.15, -0.1) is 0 Å². The van der Waals surface area contributed by atoms with E-state index in [1.54, 1.807) is 12.1 Å². The van der Waals surface area contributed by atoms with E-state index in [-0.39, 0.29) is 18.0 Å². The fraction of sp³-hybridized carbons (Fsp3) is 0.417. The lowest BCUT2D eigenvalue weighted by atomic mass is 10.0. The molecule has 6 heteroatoms. The van der Waals surface area contributed by atoms with Crippen molar-refractivity contribution >= 4 is 17.6 Å². The number of nitrogens with zero attached hydrogens (tertiary/aromatic N) is 1. The number of benzene rings is 2. The topological polar surface area (TPSA) is 70.7 Å². The number of nitrogens with one attached hydrogen (secondary N) is 2. The summed E-state index contributed by atoms with van der Waals surface area (Å²) in [5, 5.41) is 5.91. The van der Waals surface area contributed by atoms with Crippen molar-refractivity contribution in [3.63, 3.8) is 0 Å². The number of hydrogen-bond acceptors (Lipinski definition) is 3. The van der Waals surface area contributed by atoms with E-state index in [0.717, 1.165) is 37.1 Å². The van der Waals surface area contributed by atoms with E-state index >= 15 is 0 Å². The lowest BCUT2D eigenvalue weighted by Gasteiger charge is -2.32. The van der Waals surface area contributed by atoms with E-state index in [1.165, 1.54) is 5.56 Å². The lowest BCUT2D eigenvalue weighted by molar-refractivity contribution is 0.0709. The first-order valence-corrected chi connectivity index (χ1v) is 10.8. The molecule has 30 heavy (non-hydrogen) atoms. The molecule has 0 spiro atoms. The summed E-state index contributed by atoms with van der Waals surface area (Å²) in [4.78, 5) is 26.8. The summed E-state index contributed by atoms with van der Waals surface area (Å²) in [5.74, 6) is 0.788. The minimum Gasteiger partial charge on any atom is -0.494 e. The van der Waals surface area contributed by atoms with E-state index in [2.05, 4.69) is 17.6 Å². The molecule has 160 valence electrons. The summed E-state index contributed by atoms with van der Waals surface area (Å²) >= 11 is 0. The predicted molar refractivity (Wildman–Crippen MR) is 119 cm³/mol. The Labute approximate surface area is 178 Å². The maximum absolute atomic E-state index is 12.7. The van der Waals surface area contributed by atoms with Gasteiger partial charge in [-0.05, 0) is 68.1 Å². The Bertz CT molecular complexity index is 826. The molecule has 3 rings (SSSR count). The molecule has 1 aliphatic heterocycles. The average Bonchev–Trinajstić information content (AvgIpc) is 2.76. The number of ether oxygens (including phenoxy) is 1. The van der Waals surface area contributed by atoms with Crippen LogP contribution < -0.4 is 15.4 Å². The summed E-state index contributed by atoms with van der Waals surface area (Å²) in [6.07, 6.45) is 3.63. The second kappa shape index (κ2) is 10.7. The van der Waals surface area contributed by atoms with Gasteiger partial charge in [0.25, 0.3) is 5.91 Å². The predicted octanol–water partition coefficient (Wildman–Crippen LogP) is 4.46. The molecule has 2 N–H and O–H groups in total. The molecule has 1 heterocycles. The van der Waals surface area contributed by atoms with Crippen LogP contribution in [-0.4, -0.2) is 42.6 Å². The van der Waals surface area contributed by atoms with E-state index < -0.39 is 0 Å². The van der Waals surface area contributed by atoms with Crippen molar-refractivity contribution in [3.05, 3.63) is 59.7 Å². The van der Waals surface area contributed by atoms with Gasteiger partial charge in [0.15, 0.2) is 0 Å². The molecule has 0 bridgehead atoms. The van der Waals surface area contributed by atoms with Crippen LogP contribution >= 0.6 is 0 Å². The van der Waals surface area contributed by atoms with Crippen molar-refractivity contribution in [2.75, 3.05) is 25.0 Å². The third-order valence-electron chi connectivity index (χ3n) is 5.28. The second-order valence-electron chi connectivity index (χ2n) is 7.57. The number of likely N-dealkylation sites (tertiary alicyclic amines) is 1. The van der Waals surface area contributed by atoms with E-state index in [0.29, 0.717) is 25.3 Å². The number of aryl methyl sites for hydroxylation is 1. The zero-order valence-electron chi connectivity index (χ0n) is 17.8.